The molecule has 10 nitrogen and oxygen atoms in total. The van der Waals surface area contributed by atoms with E-state index in [1.54, 1.807) is 36.4 Å². The zero-order valence-electron chi connectivity index (χ0n) is 27.7. The molecule has 2 bridgehead atoms. The Bertz CT molecular complexity index is 1560. The molecule has 0 radical (unpaired) electrons. The van der Waals surface area contributed by atoms with Gasteiger partial charge in [-0.05, 0) is 48.6 Å². The predicted molar refractivity (Wildman–Crippen MR) is 190 cm³/mol. The summed E-state index contributed by atoms with van der Waals surface area (Å²) in [5.74, 6) is -3.90. The molecule has 2 aromatic rings. The third-order valence-corrected chi connectivity index (χ3v) is 10.9. The fourth-order valence-corrected chi connectivity index (χ4v) is 8.56. The number of ether oxygens (including phenoxy) is 2. The van der Waals surface area contributed by atoms with Crippen LogP contribution in [0, 0.1) is 17.8 Å². The van der Waals surface area contributed by atoms with Gasteiger partial charge in [-0.25, -0.2) is 0 Å². The second kappa shape index (κ2) is 15.6. The highest BCUT2D eigenvalue weighted by atomic mass is 79.9. The molecule has 2 N–H and O–H groups in total. The minimum Gasteiger partial charge on any atom is -0.463 e. The van der Waals surface area contributed by atoms with Crippen LogP contribution < -0.4 is 10.2 Å². The van der Waals surface area contributed by atoms with E-state index in [-0.39, 0.29) is 36.9 Å². The van der Waals surface area contributed by atoms with Crippen LogP contribution in [0.2, 0.25) is 5.02 Å². The standard InChI is InChI=1S/C37H43BrClN3O7/c1-5-7-13-29(44)48-21-27(23-11-9-8-10-12-23)40-34(45)30-31-35(46)42(28(20-43)22(3)4)33(37(31)19-26(38)32(30)49-37)36(47)41(18-6-2)25-16-14-24(39)15-17-25/h5-6,8-12,14-17,22,26-28,30-33,43H,1-2,7,13,18-21H2,3-4H3,(H,40,45)/t26?,27-,28+,30-,31+,32-,33-,37+/m1/s1. The number of carbonyl (C=O) groups is 4. The second-order valence-electron chi connectivity index (χ2n) is 13.1. The zero-order valence-corrected chi connectivity index (χ0v) is 30.0. The van der Waals surface area contributed by atoms with Crippen molar-refractivity contribution in [3.63, 3.8) is 0 Å². The molecule has 2 aromatic carbocycles. The number of anilines is 1. The van der Waals surface area contributed by atoms with Gasteiger partial charge < -0.3 is 29.7 Å². The lowest BCUT2D eigenvalue weighted by molar-refractivity contribution is -0.147. The predicted octanol–water partition coefficient (Wildman–Crippen LogP) is 4.99. The summed E-state index contributed by atoms with van der Waals surface area (Å²) in [6, 6.07) is 13.4. The van der Waals surface area contributed by atoms with Crippen LogP contribution in [0.3, 0.4) is 0 Å². The second-order valence-corrected chi connectivity index (χ2v) is 14.7. The number of carbonyl (C=O) groups excluding carboxylic acids is 4. The molecule has 12 heteroatoms. The van der Waals surface area contributed by atoms with Crippen molar-refractivity contribution in [3.8, 4) is 0 Å². The van der Waals surface area contributed by atoms with E-state index >= 15 is 0 Å². The molecule has 1 unspecified atom stereocenters. The number of hydrogen-bond donors (Lipinski definition) is 2. The molecule has 3 amide bonds. The molecule has 5 rings (SSSR count). The molecule has 0 aliphatic carbocycles. The number of amides is 3. The van der Waals surface area contributed by atoms with Gasteiger partial charge in [0.25, 0.3) is 5.91 Å². The zero-order chi connectivity index (χ0) is 35.5. The van der Waals surface area contributed by atoms with E-state index < -0.39 is 65.4 Å². The van der Waals surface area contributed by atoms with Crippen LogP contribution in [0.25, 0.3) is 0 Å². The summed E-state index contributed by atoms with van der Waals surface area (Å²) in [6.45, 7) is 10.9. The Morgan fingerprint density at radius 3 is 2.47 bits per heavy atom. The number of rotatable bonds is 15. The molecule has 1 spiro atoms. The number of aliphatic hydroxyl groups excluding tert-OH is 1. The largest absolute Gasteiger partial charge is 0.463 e. The van der Waals surface area contributed by atoms with Crippen LogP contribution in [0.4, 0.5) is 5.69 Å². The van der Waals surface area contributed by atoms with Gasteiger partial charge in [-0.15, -0.1) is 13.2 Å². The number of allylic oxidation sites excluding steroid dienone is 1. The summed E-state index contributed by atoms with van der Waals surface area (Å²) >= 11 is 9.88. The Kier molecular flexibility index (Phi) is 11.7. The van der Waals surface area contributed by atoms with E-state index in [1.807, 2.05) is 44.2 Å². The van der Waals surface area contributed by atoms with E-state index in [0.717, 1.165) is 5.56 Å². The summed E-state index contributed by atoms with van der Waals surface area (Å²) in [4.78, 5) is 59.0. The number of fused-ring (bicyclic) bond motifs is 1. The topological polar surface area (TPSA) is 125 Å². The molecule has 0 aromatic heterocycles. The van der Waals surface area contributed by atoms with Crippen molar-refractivity contribution < 1.29 is 33.8 Å². The SMILES string of the molecule is C=CCCC(=O)OC[C@@H](NC(=O)[C@H]1[C@@H]2O[C@@]3(CC2Br)[C@@H]1C(=O)N([C@@H](CO)C(C)C)[C@@H]3C(=O)N(CC=C)c1ccc(Cl)cc1)c1ccccc1. The lowest BCUT2D eigenvalue weighted by Gasteiger charge is -2.40. The molecule has 3 heterocycles. The number of nitrogens with one attached hydrogen (secondary N) is 1. The first kappa shape index (κ1) is 36.8. The van der Waals surface area contributed by atoms with Gasteiger partial charge in [0.2, 0.25) is 11.8 Å². The Morgan fingerprint density at radius 1 is 1.16 bits per heavy atom. The monoisotopic (exact) mass is 755 g/mol. The van der Waals surface area contributed by atoms with Crippen molar-refractivity contribution in [1.29, 1.82) is 0 Å². The molecule has 3 aliphatic heterocycles. The first-order chi connectivity index (χ1) is 23.5. The van der Waals surface area contributed by atoms with Crippen LogP contribution >= 0.6 is 27.5 Å². The maximum atomic E-state index is 14.8. The first-order valence-corrected chi connectivity index (χ1v) is 17.8. The van der Waals surface area contributed by atoms with Gasteiger partial charge >= 0.3 is 5.97 Å². The van der Waals surface area contributed by atoms with Crippen molar-refractivity contribution in [2.75, 3.05) is 24.7 Å². The van der Waals surface area contributed by atoms with Crippen LogP contribution in [-0.2, 0) is 28.7 Å². The van der Waals surface area contributed by atoms with Gasteiger partial charge in [-0.2, -0.15) is 0 Å². The minimum atomic E-state index is -1.36. The van der Waals surface area contributed by atoms with Crippen molar-refractivity contribution in [3.05, 3.63) is 90.5 Å². The molecule has 3 fully saturated rings. The summed E-state index contributed by atoms with van der Waals surface area (Å²) in [5.41, 5.74) is -0.0860. The highest BCUT2D eigenvalue weighted by Gasteiger charge is 2.77. The molecule has 49 heavy (non-hydrogen) atoms. The summed E-state index contributed by atoms with van der Waals surface area (Å²) in [7, 11) is 0. The normalized spacial score (nSPS) is 26.6. The van der Waals surface area contributed by atoms with Gasteiger partial charge in [0, 0.05) is 28.5 Å². The molecule has 8 atom stereocenters. The number of hydrogen-bond acceptors (Lipinski definition) is 7. The number of esters is 1. The van der Waals surface area contributed by atoms with Crippen LogP contribution in [0.1, 0.15) is 44.7 Å². The van der Waals surface area contributed by atoms with Gasteiger partial charge in [-0.3, -0.25) is 19.2 Å². The smallest absolute Gasteiger partial charge is 0.306 e. The Hall–Kier alpha value is -3.51. The van der Waals surface area contributed by atoms with Crippen molar-refractivity contribution in [2.45, 2.75) is 67.8 Å². The van der Waals surface area contributed by atoms with E-state index in [2.05, 4.69) is 34.4 Å². The lowest BCUT2D eigenvalue weighted by Crippen LogP contribution is -2.60. The van der Waals surface area contributed by atoms with Crippen LogP contribution in [0.15, 0.2) is 79.9 Å². The average molecular weight is 757 g/mol. The van der Waals surface area contributed by atoms with E-state index in [4.69, 9.17) is 21.1 Å². The lowest BCUT2D eigenvalue weighted by atomic mass is 9.70. The number of aliphatic hydroxyl groups is 1. The highest BCUT2D eigenvalue weighted by Crippen LogP contribution is 2.61. The Balaban J connectivity index is 1.52. The minimum absolute atomic E-state index is 0.115. The van der Waals surface area contributed by atoms with E-state index in [9.17, 15) is 24.3 Å². The summed E-state index contributed by atoms with van der Waals surface area (Å²) in [6.07, 6.45) is 3.43. The van der Waals surface area contributed by atoms with E-state index in [1.165, 1.54) is 9.80 Å². The molecule has 3 aliphatic rings. The van der Waals surface area contributed by atoms with Gasteiger partial charge in [-0.1, -0.05) is 83.9 Å². The van der Waals surface area contributed by atoms with Crippen molar-refractivity contribution >= 4 is 56.9 Å². The quantitative estimate of drug-likeness (QED) is 0.149. The number of nitrogens with zero attached hydrogens (tertiary/aromatic N) is 2. The number of alkyl halides is 1. The number of likely N-dealkylation sites (tertiary alicyclic amines) is 1. The Labute approximate surface area is 300 Å². The first-order valence-electron chi connectivity index (χ1n) is 16.5. The molecule has 0 saturated carbocycles. The van der Waals surface area contributed by atoms with Crippen molar-refractivity contribution in [1.82, 2.24) is 10.2 Å². The number of halogens is 2. The fraction of sp³-hybridized carbons (Fsp3) is 0.459. The molecular weight excluding hydrogens is 714 g/mol. The van der Waals surface area contributed by atoms with Gasteiger partial charge in [0.1, 0.15) is 18.2 Å². The maximum absolute atomic E-state index is 14.8. The molecule has 3 saturated heterocycles. The van der Waals surface area contributed by atoms with Crippen molar-refractivity contribution in [2.24, 2.45) is 17.8 Å². The van der Waals surface area contributed by atoms with Gasteiger partial charge in [0.05, 0.1) is 36.6 Å². The maximum Gasteiger partial charge on any atom is 0.306 e. The summed E-state index contributed by atoms with van der Waals surface area (Å²) < 4.78 is 12.2. The van der Waals surface area contributed by atoms with Crippen LogP contribution in [0.5, 0.6) is 0 Å². The van der Waals surface area contributed by atoms with Gasteiger partial charge in [0.15, 0.2) is 0 Å². The molecule has 262 valence electrons. The van der Waals surface area contributed by atoms with E-state index in [0.29, 0.717) is 23.6 Å². The molecular formula is C37H43BrClN3O7. The highest BCUT2D eigenvalue weighted by molar-refractivity contribution is 9.09. The average Bonchev–Trinajstić information content (AvgIpc) is 3.68. The summed E-state index contributed by atoms with van der Waals surface area (Å²) in [5, 5.41) is 14.1. The third-order valence-electron chi connectivity index (χ3n) is 9.78. The van der Waals surface area contributed by atoms with Crippen LogP contribution in [-0.4, -0.2) is 82.1 Å². The third kappa shape index (κ3) is 7.08. The fourth-order valence-electron chi connectivity index (χ4n) is 7.49. The number of benzene rings is 2. The Morgan fingerprint density at radius 2 is 1.86 bits per heavy atom.